The van der Waals surface area contributed by atoms with Gasteiger partial charge >= 0.3 is 0 Å². The quantitative estimate of drug-likeness (QED) is 0.746. The third-order valence-corrected chi connectivity index (χ3v) is 8.26. The molecule has 0 bridgehead atoms. The van der Waals surface area contributed by atoms with E-state index < -0.39 is 10.0 Å². The summed E-state index contributed by atoms with van der Waals surface area (Å²) in [5, 5.41) is 3.43. The second-order valence-corrected chi connectivity index (χ2v) is 10.1. The maximum Gasteiger partial charge on any atom is 0.247 e. The Bertz CT molecular complexity index is 1030. The van der Waals surface area contributed by atoms with Gasteiger partial charge < -0.3 is 14.8 Å². The van der Waals surface area contributed by atoms with E-state index in [4.69, 9.17) is 9.47 Å². The molecule has 0 unspecified atom stereocenters. The van der Waals surface area contributed by atoms with Crippen molar-refractivity contribution >= 4 is 32.4 Å². The van der Waals surface area contributed by atoms with Gasteiger partial charge in [-0.25, -0.2) is 13.4 Å². The van der Waals surface area contributed by atoms with Gasteiger partial charge in [0.2, 0.25) is 15.9 Å². The smallest absolute Gasteiger partial charge is 0.247 e. The van der Waals surface area contributed by atoms with Crippen LogP contribution < -0.4 is 14.8 Å². The van der Waals surface area contributed by atoms with E-state index in [2.05, 4.69) is 10.3 Å². The number of sulfonamides is 1. The summed E-state index contributed by atoms with van der Waals surface area (Å²) < 4.78 is 38.4. The molecule has 0 radical (unpaired) electrons. The van der Waals surface area contributed by atoms with Gasteiger partial charge in [-0.3, -0.25) is 4.79 Å². The lowest BCUT2D eigenvalue weighted by molar-refractivity contribution is -0.122. The van der Waals surface area contributed by atoms with Gasteiger partial charge in [0.25, 0.3) is 0 Å². The number of hydrogen-bond donors (Lipinski definition) is 1. The molecule has 1 aromatic heterocycles. The molecule has 1 aliphatic carbocycles. The van der Waals surface area contributed by atoms with Gasteiger partial charge in [-0.2, -0.15) is 4.31 Å². The van der Waals surface area contributed by atoms with Crippen LogP contribution in [0.1, 0.15) is 29.8 Å². The van der Waals surface area contributed by atoms with E-state index in [-0.39, 0.29) is 29.0 Å². The van der Waals surface area contributed by atoms with Crippen LogP contribution in [0.25, 0.3) is 0 Å². The fourth-order valence-corrected chi connectivity index (χ4v) is 6.12. The molecule has 1 fully saturated rings. The summed E-state index contributed by atoms with van der Waals surface area (Å²) in [7, 11) is -0.854. The van der Waals surface area contributed by atoms with Crippen LogP contribution in [-0.4, -0.2) is 44.4 Å². The molecule has 1 saturated carbocycles. The maximum atomic E-state index is 13.3. The molecule has 10 heteroatoms. The number of aromatic nitrogens is 1. The van der Waals surface area contributed by atoms with E-state index >= 15 is 0 Å². The molecular weight excluding hydrogens is 414 g/mol. The Morgan fingerprint density at radius 2 is 2.07 bits per heavy atom. The minimum absolute atomic E-state index is 0.00735. The molecule has 1 amide bonds. The first-order valence-electron chi connectivity index (χ1n) is 9.44. The number of ether oxygens (including phenoxy) is 2. The summed E-state index contributed by atoms with van der Waals surface area (Å²) in [5.41, 5.74) is 0.850. The van der Waals surface area contributed by atoms with Gasteiger partial charge in [-0.05, 0) is 25.0 Å². The highest BCUT2D eigenvalue weighted by atomic mass is 32.2. The predicted octanol–water partition coefficient (Wildman–Crippen LogP) is 2.65. The number of nitrogens with zero attached hydrogens (tertiary/aromatic N) is 2. The normalized spacial score (nSPS) is 17.3. The molecule has 8 nitrogen and oxygen atoms in total. The van der Waals surface area contributed by atoms with E-state index in [0.717, 1.165) is 29.8 Å². The highest BCUT2D eigenvalue weighted by molar-refractivity contribution is 7.89. The highest BCUT2D eigenvalue weighted by Crippen LogP contribution is 2.35. The van der Waals surface area contributed by atoms with Gasteiger partial charge in [-0.1, -0.05) is 6.42 Å². The summed E-state index contributed by atoms with van der Waals surface area (Å²) in [4.78, 5) is 17.6. The van der Waals surface area contributed by atoms with Crippen LogP contribution >= 0.6 is 11.3 Å². The number of nitrogens with one attached hydrogen (secondary N) is 1. The molecule has 1 aromatic carbocycles. The largest absolute Gasteiger partial charge is 0.497 e. The predicted molar refractivity (Wildman–Crippen MR) is 109 cm³/mol. The molecule has 1 N–H and O–H groups in total. The third kappa shape index (κ3) is 3.84. The molecule has 1 aliphatic heterocycles. The highest BCUT2D eigenvalue weighted by Gasteiger charge is 2.33. The molecule has 0 atom stereocenters. The average Bonchev–Trinajstić information content (AvgIpc) is 3.07. The second kappa shape index (κ2) is 7.92. The number of carbonyl (C=O) groups excluding carboxylic acids is 1. The lowest BCUT2D eigenvalue weighted by Gasteiger charge is -2.26. The van der Waals surface area contributed by atoms with Crippen molar-refractivity contribution in [2.45, 2.75) is 37.1 Å². The van der Waals surface area contributed by atoms with E-state index in [1.54, 1.807) is 12.1 Å². The minimum Gasteiger partial charge on any atom is -0.497 e. The van der Waals surface area contributed by atoms with E-state index in [1.807, 2.05) is 0 Å². The van der Waals surface area contributed by atoms with Gasteiger partial charge in [0.15, 0.2) is 5.13 Å². The van der Waals surface area contributed by atoms with Crippen LogP contribution in [0.15, 0.2) is 23.1 Å². The first-order chi connectivity index (χ1) is 13.9. The van der Waals surface area contributed by atoms with Crippen molar-refractivity contribution in [3.05, 3.63) is 28.8 Å². The Balaban J connectivity index is 1.55. The number of amides is 1. The zero-order valence-electron chi connectivity index (χ0n) is 16.3. The second-order valence-electron chi connectivity index (χ2n) is 7.11. The van der Waals surface area contributed by atoms with Crippen molar-refractivity contribution < 1.29 is 22.7 Å². The van der Waals surface area contributed by atoms with Crippen molar-refractivity contribution in [1.29, 1.82) is 0 Å². The van der Waals surface area contributed by atoms with Crippen LogP contribution in [0, 0.1) is 5.92 Å². The monoisotopic (exact) mass is 437 g/mol. The lowest BCUT2D eigenvalue weighted by atomic mass is 9.85. The van der Waals surface area contributed by atoms with Gasteiger partial charge in [0.1, 0.15) is 16.4 Å². The van der Waals surface area contributed by atoms with Crippen molar-refractivity contribution in [3.63, 3.8) is 0 Å². The van der Waals surface area contributed by atoms with Gasteiger partial charge in [0, 0.05) is 29.8 Å². The SMILES string of the molecule is COc1ccc(OC)c(S(=O)(=O)N2CCc3nc(NC(=O)C4CCC4)sc3C2)c1. The Kier molecular flexibility index (Phi) is 5.50. The van der Waals surface area contributed by atoms with Crippen molar-refractivity contribution in [2.75, 3.05) is 26.1 Å². The molecule has 0 saturated heterocycles. The van der Waals surface area contributed by atoms with Gasteiger partial charge in [0.05, 0.1) is 26.5 Å². The Hall–Kier alpha value is -2.17. The van der Waals surface area contributed by atoms with E-state index in [1.165, 1.54) is 35.9 Å². The third-order valence-electron chi connectivity index (χ3n) is 5.39. The van der Waals surface area contributed by atoms with E-state index in [0.29, 0.717) is 23.8 Å². The fourth-order valence-electron chi connectivity index (χ4n) is 3.43. The fraction of sp³-hybridized carbons (Fsp3) is 0.474. The van der Waals surface area contributed by atoms with Crippen LogP contribution in [0.3, 0.4) is 0 Å². The maximum absolute atomic E-state index is 13.3. The minimum atomic E-state index is -3.78. The molecule has 2 aliphatic rings. The number of carbonyl (C=O) groups is 1. The number of methoxy groups -OCH3 is 2. The average molecular weight is 438 g/mol. The molecule has 156 valence electrons. The molecular formula is C19H23N3O5S2. The topological polar surface area (TPSA) is 97.8 Å². The number of rotatable bonds is 6. The van der Waals surface area contributed by atoms with Crippen LogP contribution in [0.4, 0.5) is 5.13 Å². The van der Waals surface area contributed by atoms with Crippen molar-refractivity contribution in [2.24, 2.45) is 5.92 Å². The molecule has 29 heavy (non-hydrogen) atoms. The number of anilines is 1. The Morgan fingerprint density at radius 1 is 1.28 bits per heavy atom. The Morgan fingerprint density at radius 3 is 2.72 bits per heavy atom. The molecule has 2 aromatic rings. The van der Waals surface area contributed by atoms with Crippen LogP contribution in [0.2, 0.25) is 0 Å². The number of fused-ring (bicyclic) bond motifs is 1. The standard InChI is InChI=1S/C19H23N3O5S2/c1-26-13-6-7-15(27-2)17(10-13)29(24,25)22-9-8-14-16(11-22)28-19(20-14)21-18(23)12-4-3-5-12/h6-7,10,12H,3-5,8-9,11H2,1-2H3,(H,20,21,23). The van der Waals surface area contributed by atoms with Crippen LogP contribution in [0.5, 0.6) is 11.5 Å². The van der Waals surface area contributed by atoms with Crippen molar-refractivity contribution in [3.8, 4) is 11.5 Å². The zero-order chi connectivity index (χ0) is 20.6. The Labute approximate surface area is 173 Å². The summed E-state index contributed by atoms with van der Waals surface area (Å²) >= 11 is 1.34. The van der Waals surface area contributed by atoms with E-state index in [9.17, 15) is 13.2 Å². The molecule has 0 spiro atoms. The number of thiazole rings is 1. The van der Waals surface area contributed by atoms with Gasteiger partial charge in [-0.15, -0.1) is 11.3 Å². The summed E-state index contributed by atoms with van der Waals surface area (Å²) in [6.45, 7) is 0.532. The molecule has 2 heterocycles. The lowest BCUT2D eigenvalue weighted by Crippen LogP contribution is -2.35. The first kappa shape index (κ1) is 20.1. The van der Waals surface area contributed by atoms with Crippen LogP contribution in [-0.2, 0) is 27.8 Å². The summed E-state index contributed by atoms with van der Waals surface area (Å²) in [6.07, 6.45) is 3.43. The number of benzene rings is 1. The van der Waals surface area contributed by atoms with Crippen molar-refractivity contribution in [1.82, 2.24) is 9.29 Å². The summed E-state index contributed by atoms with van der Waals surface area (Å²) in [6, 6.07) is 4.72. The summed E-state index contributed by atoms with van der Waals surface area (Å²) in [5.74, 6) is 0.802. The first-order valence-corrected chi connectivity index (χ1v) is 11.7. The molecule has 4 rings (SSSR count). The zero-order valence-corrected chi connectivity index (χ0v) is 17.9. The number of hydrogen-bond acceptors (Lipinski definition) is 7.